The summed E-state index contributed by atoms with van der Waals surface area (Å²) in [6.45, 7) is 1.29. The molecule has 0 bridgehead atoms. The minimum Gasteiger partial charge on any atom is -0.447 e. The van der Waals surface area contributed by atoms with Gasteiger partial charge < -0.3 is 15.8 Å². The van der Waals surface area contributed by atoms with Gasteiger partial charge in [-0.2, -0.15) is 0 Å². The molecule has 1 heterocycles. The van der Waals surface area contributed by atoms with Crippen molar-refractivity contribution < 1.29 is 14.3 Å². The number of hydrogen-bond donors (Lipinski definition) is 3. The number of benzene rings is 3. The average Bonchev–Trinajstić information content (AvgIpc) is 3.24. The zero-order chi connectivity index (χ0) is 21.6. The van der Waals surface area contributed by atoms with Gasteiger partial charge >= 0.3 is 12.1 Å². The molecule has 158 valence electrons. The molecule has 4 rings (SSSR count). The number of carbonyl (C=O) groups is 2. The molecule has 1 aliphatic heterocycles. The zero-order valence-corrected chi connectivity index (χ0v) is 16.8. The van der Waals surface area contributed by atoms with Crippen molar-refractivity contribution in [1.29, 1.82) is 0 Å². The second-order valence-corrected chi connectivity index (χ2v) is 6.92. The summed E-state index contributed by atoms with van der Waals surface area (Å²) >= 11 is 0. The fraction of sp³-hybridized carbons (Fsp3) is 0.130. The van der Waals surface area contributed by atoms with Gasteiger partial charge in [0.2, 0.25) is 0 Å². The molecule has 0 saturated carbocycles. The number of urea groups is 1. The first-order chi connectivity index (χ1) is 15.1. The summed E-state index contributed by atoms with van der Waals surface area (Å²) in [5, 5.41) is 4.52. The summed E-state index contributed by atoms with van der Waals surface area (Å²) in [6.07, 6.45) is -0.364. The lowest BCUT2D eigenvalue weighted by atomic mass is 10.2. The highest BCUT2D eigenvalue weighted by Crippen LogP contribution is 2.25. The number of cyclic esters (lactones) is 1. The largest absolute Gasteiger partial charge is 0.447 e. The standard InChI is InChI=1S/C23H23N5O3/c24-16-17-5-4-8-21(15-17)28(20-6-2-1-3-7-20)26-22(29)25-18-9-11-19(12-10-18)27-13-14-31-23(27)30/h1-12,15H,13-14,16,24H2,(H2,25,26,29). The van der Waals surface area contributed by atoms with E-state index in [0.717, 1.165) is 22.6 Å². The lowest BCUT2D eigenvalue weighted by molar-refractivity contribution is 0.181. The number of hydrazine groups is 1. The minimum atomic E-state index is -0.407. The second kappa shape index (κ2) is 9.19. The molecule has 0 unspecified atom stereocenters. The molecule has 3 aromatic carbocycles. The fourth-order valence-electron chi connectivity index (χ4n) is 3.29. The van der Waals surface area contributed by atoms with Crippen LogP contribution in [0.2, 0.25) is 0 Å². The van der Waals surface area contributed by atoms with Gasteiger partial charge in [-0.05, 0) is 54.1 Å². The van der Waals surface area contributed by atoms with Crippen LogP contribution in [0.1, 0.15) is 5.56 Å². The van der Waals surface area contributed by atoms with E-state index < -0.39 is 6.03 Å². The number of anilines is 4. The predicted octanol–water partition coefficient (Wildman–Crippen LogP) is 3.98. The van der Waals surface area contributed by atoms with E-state index in [0.29, 0.717) is 25.4 Å². The van der Waals surface area contributed by atoms with Gasteiger partial charge in [-0.25, -0.2) is 15.0 Å². The third kappa shape index (κ3) is 4.76. The molecule has 0 atom stereocenters. The maximum Gasteiger partial charge on any atom is 0.414 e. The second-order valence-electron chi connectivity index (χ2n) is 6.92. The number of nitrogens with one attached hydrogen (secondary N) is 2. The maximum atomic E-state index is 12.7. The molecule has 0 spiro atoms. The van der Waals surface area contributed by atoms with Gasteiger partial charge in [0.1, 0.15) is 6.61 Å². The fourth-order valence-corrected chi connectivity index (χ4v) is 3.29. The minimum absolute atomic E-state index is 0.364. The van der Waals surface area contributed by atoms with Crippen LogP contribution in [0.25, 0.3) is 0 Å². The molecule has 4 N–H and O–H groups in total. The SMILES string of the molecule is NCc1cccc(N(NC(=O)Nc2ccc(N3CCOC3=O)cc2)c2ccccc2)c1. The monoisotopic (exact) mass is 417 g/mol. The van der Waals surface area contributed by atoms with Crippen LogP contribution in [-0.4, -0.2) is 25.3 Å². The third-order valence-corrected chi connectivity index (χ3v) is 4.83. The Bertz CT molecular complexity index is 1060. The Balaban J connectivity index is 1.49. The average molecular weight is 417 g/mol. The first-order valence-corrected chi connectivity index (χ1v) is 9.90. The Morgan fingerprint density at radius 1 is 1.00 bits per heavy atom. The van der Waals surface area contributed by atoms with Crippen LogP contribution >= 0.6 is 0 Å². The van der Waals surface area contributed by atoms with Gasteiger partial charge in [-0.1, -0.05) is 30.3 Å². The highest BCUT2D eigenvalue weighted by Gasteiger charge is 2.23. The molecule has 1 saturated heterocycles. The van der Waals surface area contributed by atoms with E-state index in [1.807, 2.05) is 54.6 Å². The summed E-state index contributed by atoms with van der Waals surface area (Å²) in [6, 6.07) is 23.8. The molecule has 1 fully saturated rings. The van der Waals surface area contributed by atoms with Gasteiger partial charge in [-0.3, -0.25) is 9.91 Å². The van der Waals surface area contributed by atoms with Crippen LogP contribution in [-0.2, 0) is 11.3 Å². The predicted molar refractivity (Wildman–Crippen MR) is 120 cm³/mol. The summed E-state index contributed by atoms with van der Waals surface area (Å²) < 4.78 is 4.95. The lowest BCUT2D eigenvalue weighted by Crippen LogP contribution is -2.41. The molecular weight excluding hydrogens is 394 g/mol. The van der Waals surface area contributed by atoms with E-state index >= 15 is 0 Å². The highest BCUT2D eigenvalue weighted by molar-refractivity contribution is 5.93. The molecule has 31 heavy (non-hydrogen) atoms. The molecular formula is C23H23N5O3. The topological polar surface area (TPSA) is 99.9 Å². The zero-order valence-electron chi connectivity index (χ0n) is 16.8. The Labute approximate surface area is 180 Å². The Kier molecular flexibility index (Phi) is 6.00. The van der Waals surface area contributed by atoms with Crippen LogP contribution in [0, 0.1) is 0 Å². The third-order valence-electron chi connectivity index (χ3n) is 4.83. The van der Waals surface area contributed by atoms with Crippen LogP contribution in [0.4, 0.5) is 32.3 Å². The Morgan fingerprint density at radius 3 is 2.42 bits per heavy atom. The van der Waals surface area contributed by atoms with Crippen LogP contribution in [0.3, 0.4) is 0 Å². The van der Waals surface area contributed by atoms with E-state index in [4.69, 9.17) is 10.5 Å². The molecule has 3 aromatic rings. The Morgan fingerprint density at radius 2 is 1.74 bits per heavy atom. The van der Waals surface area contributed by atoms with E-state index in [-0.39, 0.29) is 6.09 Å². The first kappa shape index (κ1) is 20.2. The molecule has 1 aliphatic rings. The number of carbonyl (C=O) groups excluding carboxylic acids is 2. The number of hydrogen-bond acceptors (Lipinski definition) is 5. The van der Waals surface area contributed by atoms with Crippen molar-refractivity contribution >= 4 is 34.9 Å². The number of amides is 3. The van der Waals surface area contributed by atoms with Crippen LogP contribution in [0.5, 0.6) is 0 Å². The summed E-state index contributed by atoms with van der Waals surface area (Å²) in [4.78, 5) is 26.0. The molecule has 0 aliphatic carbocycles. The quantitative estimate of drug-likeness (QED) is 0.527. The van der Waals surface area contributed by atoms with Crippen molar-refractivity contribution in [3.05, 3.63) is 84.4 Å². The van der Waals surface area contributed by atoms with Gasteiger partial charge in [0.15, 0.2) is 0 Å². The molecule has 3 amide bonds. The first-order valence-electron chi connectivity index (χ1n) is 9.90. The molecule has 0 radical (unpaired) electrons. The number of para-hydroxylation sites is 1. The van der Waals surface area contributed by atoms with Gasteiger partial charge in [0.05, 0.1) is 17.9 Å². The summed E-state index contributed by atoms with van der Waals surface area (Å²) in [5.74, 6) is 0. The lowest BCUT2D eigenvalue weighted by Gasteiger charge is -2.26. The molecule has 0 aromatic heterocycles. The van der Waals surface area contributed by atoms with Crippen molar-refractivity contribution in [2.24, 2.45) is 5.73 Å². The smallest absolute Gasteiger partial charge is 0.414 e. The number of ether oxygens (including phenoxy) is 1. The highest BCUT2D eigenvalue weighted by atomic mass is 16.6. The van der Waals surface area contributed by atoms with E-state index in [9.17, 15) is 9.59 Å². The van der Waals surface area contributed by atoms with Crippen molar-refractivity contribution in [3.8, 4) is 0 Å². The summed E-state index contributed by atoms with van der Waals surface area (Å²) in [7, 11) is 0. The number of nitrogens with two attached hydrogens (primary N) is 1. The van der Waals surface area contributed by atoms with Gasteiger partial charge in [-0.15, -0.1) is 0 Å². The normalized spacial score (nSPS) is 12.9. The van der Waals surface area contributed by atoms with Crippen molar-refractivity contribution in [2.75, 3.05) is 28.4 Å². The van der Waals surface area contributed by atoms with E-state index in [1.54, 1.807) is 34.2 Å². The van der Waals surface area contributed by atoms with Crippen molar-refractivity contribution in [2.45, 2.75) is 6.54 Å². The van der Waals surface area contributed by atoms with Gasteiger partial charge in [0, 0.05) is 17.9 Å². The number of rotatable bonds is 6. The van der Waals surface area contributed by atoms with E-state index in [1.165, 1.54) is 0 Å². The molecule has 8 heteroatoms. The van der Waals surface area contributed by atoms with Crippen molar-refractivity contribution in [3.63, 3.8) is 0 Å². The molecule has 8 nitrogen and oxygen atoms in total. The maximum absolute atomic E-state index is 12.7. The van der Waals surface area contributed by atoms with E-state index in [2.05, 4.69) is 10.7 Å². The number of nitrogens with zero attached hydrogens (tertiary/aromatic N) is 2. The van der Waals surface area contributed by atoms with Gasteiger partial charge in [0.25, 0.3) is 0 Å². The summed E-state index contributed by atoms with van der Waals surface area (Å²) in [5.41, 5.74) is 12.5. The van der Waals surface area contributed by atoms with Crippen LogP contribution in [0.15, 0.2) is 78.9 Å². The Hall–Kier alpha value is -4.04. The van der Waals surface area contributed by atoms with Crippen LogP contribution < -0.4 is 26.4 Å². The van der Waals surface area contributed by atoms with Crippen molar-refractivity contribution in [1.82, 2.24) is 5.43 Å².